The third-order valence-corrected chi connectivity index (χ3v) is 21.0. The third kappa shape index (κ3) is 19.2. The number of nitrogens with one attached hydrogen (secondary N) is 2. The van der Waals surface area contributed by atoms with Crippen LogP contribution in [0.15, 0.2) is 79.6 Å². The molecule has 3 aliphatic heterocycles. The Balaban J connectivity index is 0.000000197. The van der Waals surface area contributed by atoms with Crippen molar-refractivity contribution >= 4 is 107 Å². The molecule has 114 heavy (non-hydrogen) atoms. The molecule has 9 aromatic rings. The minimum atomic E-state index is -4.99. The van der Waals surface area contributed by atoms with Crippen molar-refractivity contribution in [2.75, 3.05) is 81.6 Å². The largest absolute Gasteiger partial charge is 0.462 e. The number of aliphatic hydroxyl groups is 5. The monoisotopic (exact) mass is 1680 g/mol. The van der Waals surface area contributed by atoms with Gasteiger partial charge in [0.05, 0.1) is 51.0 Å². The van der Waals surface area contributed by atoms with E-state index in [0.717, 1.165) is 6.92 Å². The number of carbonyl (C=O) groups excluding carboxylic acids is 2. The lowest BCUT2D eigenvalue weighted by Crippen LogP contribution is -2.41. The molecule has 15 atom stereocenters. The van der Waals surface area contributed by atoms with Gasteiger partial charge in [-0.3, -0.25) is 32.4 Å². The number of aromatic nitrogens is 12. The normalized spacial score (nSPS) is 24.5. The highest BCUT2D eigenvalue weighted by Gasteiger charge is 2.58. The van der Waals surface area contributed by atoms with Gasteiger partial charge in [-0.15, -0.1) is 0 Å². The number of hydrogen-bond acceptors (Lipinski definition) is 31. The number of alkyl halides is 3. The molecule has 0 spiro atoms. The Morgan fingerprint density at radius 1 is 0.579 bits per heavy atom. The number of nitrogen functional groups attached to an aromatic ring is 3. The summed E-state index contributed by atoms with van der Waals surface area (Å²) in [7, 11) is -2.23. The lowest BCUT2D eigenvalue weighted by molar-refractivity contribution is -0.149. The number of anilines is 5. The van der Waals surface area contributed by atoms with Gasteiger partial charge >= 0.3 is 27.2 Å². The van der Waals surface area contributed by atoms with E-state index in [4.69, 9.17) is 71.2 Å². The van der Waals surface area contributed by atoms with E-state index in [1.165, 1.54) is 91.6 Å². The Bertz CT molecular complexity index is 4940. The molecule has 0 aliphatic carbocycles. The van der Waals surface area contributed by atoms with Crippen molar-refractivity contribution in [3.05, 3.63) is 114 Å². The van der Waals surface area contributed by atoms with Crippen LogP contribution >= 0.6 is 26.9 Å². The summed E-state index contributed by atoms with van der Waals surface area (Å²) in [6.45, 7) is 8.92. The molecular weight excluding hydrogens is 1590 g/mol. The molecule has 0 saturated carbocycles. The quantitative estimate of drug-likeness (QED) is 0.00810. The van der Waals surface area contributed by atoms with Crippen LogP contribution in [-0.4, -0.2) is 222 Å². The number of halogens is 9. The van der Waals surface area contributed by atoms with E-state index < -0.39 is 179 Å². The van der Waals surface area contributed by atoms with Gasteiger partial charge in [0.2, 0.25) is 23.7 Å². The summed E-state index contributed by atoms with van der Waals surface area (Å²) in [5.74, 6) is -12.6. The highest BCUT2D eigenvalue weighted by Crippen LogP contribution is 2.50. The van der Waals surface area contributed by atoms with Crippen LogP contribution in [0.3, 0.4) is 0 Å². The second kappa shape index (κ2) is 36.2. The van der Waals surface area contributed by atoms with Crippen molar-refractivity contribution < 1.29 is 117 Å². The van der Waals surface area contributed by atoms with E-state index in [9.17, 15) is 69.9 Å². The van der Waals surface area contributed by atoms with E-state index in [1.54, 1.807) is 88.2 Å². The number of benzene rings is 3. The zero-order valence-electron chi connectivity index (χ0n) is 62.2. The predicted octanol–water partition coefficient (Wildman–Crippen LogP) is 6.55. The number of ether oxygens (including phenoxy) is 5. The second-order valence-corrected chi connectivity index (χ2v) is 31.1. The summed E-state index contributed by atoms with van der Waals surface area (Å²) in [6, 6.07) is 13.9. The molecular formula is C67H86ClF8N19O17P2. The Hall–Kier alpha value is -9.40. The van der Waals surface area contributed by atoms with Gasteiger partial charge < -0.3 is 85.3 Å². The van der Waals surface area contributed by atoms with Gasteiger partial charge in [0.1, 0.15) is 71.5 Å². The van der Waals surface area contributed by atoms with Gasteiger partial charge in [-0.1, -0.05) is 55.4 Å². The van der Waals surface area contributed by atoms with Gasteiger partial charge in [-0.25, -0.2) is 59.7 Å². The molecule has 3 aromatic carbocycles. The topological polar surface area (TPSA) is 483 Å². The molecule has 3 fully saturated rings. The average molecular weight is 1680 g/mol. The molecule has 13 N–H and O–H groups in total. The Kier molecular flexibility index (Phi) is 28.6. The summed E-state index contributed by atoms with van der Waals surface area (Å²) in [5.41, 5.74) is 12.2. The number of hydrogen-bond donors (Lipinski definition) is 10. The fraction of sp³-hybridized carbons (Fsp3) is 0.478. The summed E-state index contributed by atoms with van der Waals surface area (Å²) in [6.07, 6.45) is -8.86. The van der Waals surface area contributed by atoms with Crippen LogP contribution in [-0.2, 0) is 46.9 Å². The number of fused-ring (bicyclic) bond motifs is 3. The second-order valence-electron chi connectivity index (χ2n) is 27.0. The van der Waals surface area contributed by atoms with E-state index in [0.29, 0.717) is 28.3 Å². The first kappa shape index (κ1) is 90.1. The fourth-order valence-corrected chi connectivity index (χ4v) is 15.1. The van der Waals surface area contributed by atoms with Gasteiger partial charge in [0.15, 0.2) is 104 Å². The van der Waals surface area contributed by atoms with Crippen LogP contribution in [0.5, 0.6) is 11.5 Å². The minimum Gasteiger partial charge on any atom is -0.462 e. The molecule has 0 bridgehead atoms. The molecule has 0 amide bonds. The fourth-order valence-electron chi connectivity index (χ4n) is 11.6. The molecule has 47 heteroatoms. The number of rotatable bonds is 23. The zero-order valence-corrected chi connectivity index (χ0v) is 64.7. The maximum atomic E-state index is 16.0. The van der Waals surface area contributed by atoms with Crippen LogP contribution in [0.25, 0.3) is 33.5 Å². The van der Waals surface area contributed by atoms with Crippen LogP contribution in [0, 0.1) is 29.1 Å². The summed E-state index contributed by atoms with van der Waals surface area (Å²) in [5, 5.41) is 52.0. The first-order valence-corrected chi connectivity index (χ1v) is 37.5. The molecule has 6 aromatic heterocycles. The molecule has 0 unspecified atom stereocenters. The molecule has 3 aliphatic rings. The van der Waals surface area contributed by atoms with E-state index in [2.05, 4.69) is 49.9 Å². The summed E-state index contributed by atoms with van der Waals surface area (Å²) >= 11 is 5.91. The van der Waals surface area contributed by atoms with Crippen LogP contribution in [0.2, 0.25) is 5.15 Å². The smallest absolute Gasteiger partial charge is 0.459 e. The number of imidazole rings is 3. The van der Waals surface area contributed by atoms with Gasteiger partial charge in [0.25, 0.3) is 0 Å². The molecule has 12 rings (SSSR count). The molecule has 3 saturated heterocycles. The first-order chi connectivity index (χ1) is 52.9. The number of para-hydroxylation sites is 2. The van der Waals surface area contributed by atoms with Crippen LogP contribution in [0.4, 0.5) is 64.6 Å². The van der Waals surface area contributed by atoms with Gasteiger partial charge in [0, 0.05) is 28.2 Å². The number of carbonyl (C=O) groups is 2. The van der Waals surface area contributed by atoms with Crippen molar-refractivity contribution in [1.82, 2.24) is 68.7 Å². The molecule has 0 radical (unpaired) electrons. The SMILES string of the molecule is C.CC(C)OC(=O)CN[P@](=O)(Oc1ccccc1)c1c(F)c(F)c(F)c(F)c1F.CC(C)OC(=O)[C@H](C)N[P@](=O)(OC[C@H]1O[C@@H](n2cnc3c(N(C)C)nc(N)nc32)[C@](C)(F)[C@@H]1O)Oc1ccccc1.CN(C)c1nc(N)nc2c1ncn2[C@@H]1O[C@H](CO)[C@@H](O)[C@@]1(C)F.C[C@@]1(F)[C@H](O)[C@@H](CO)O[C@H]1n1cnc2c(Cl)nc(N)nc21. The molecule has 9 heterocycles. The Morgan fingerprint density at radius 3 is 1.34 bits per heavy atom. The Labute approximate surface area is 650 Å². The molecule has 624 valence electrons. The maximum absolute atomic E-state index is 16.0. The van der Waals surface area contributed by atoms with Gasteiger partial charge in [-0.05, 0) is 79.7 Å². The van der Waals surface area contributed by atoms with E-state index in [-0.39, 0.29) is 58.7 Å². The highest BCUT2D eigenvalue weighted by atomic mass is 35.5. The average Bonchev–Trinajstić information content (AvgIpc) is 1.68. The number of aliphatic hydroxyl groups excluding tert-OH is 5. The molecule has 36 nitrogen and oxygen atoms in total. The Morgan fingerprint density at radius 2 is 0.947 bits per heavy atom. The van der Waals surface area contributed by atoms with Crippen LogP contribution in [0.1, 0.15) is 81.5 Å². The maximum Gasteiger partial charge on any atom is 0.459 e. The first-order valence-electron chi connectivity index (χ1n) is 34.0. The van der Waals surface area contributed by atoms with E-state index in [1.807, 2.05) is 5.09 Å². The summed E-state index contributed by atoms with van der Waals surface area (Å²) in [4.78, 5) is 64.3. The zero-order chi connectivity index (χ0) is 83.5. The van der Waals surface area contributed by atoms with E-state index >= 15 is 4.39 Å². The van der Waals surface area contributed by atoms with Crippen molar-refractivity contribution in [2.45, 2.75) is 153 Å². The highest BCUT2D eigenvalue weighted by molar-refractivity contribution is 7.65. The minimum absolute atomic E-state index is 0. The van der Waals surface area contributed by atoms with Crippen molar-refractivity contribution in [2.24, 2.45) is 0 Å². The number of esters is 2. The lowest BCUT2D eigenvalue weighted by atomic mass is 9.98. The summed E-state index contributed by atoms with van der Waals surface area (Å²) < 4.78 is 188. The predicted molar refractivity (Wildman–Crippen MR) is 396 cm³/mol. The van der Waals surface area contributed by atoms with Crippen molar-refractivity contribution in [3.8, 4) is 11.5 Å². The van der Waals surface area contributed by atoms with Crippen LogP contribution < -0.4 is 51.5 Å². The standard InChI is InChI=1S/C25H35FN7O7P.C17H15F5NO4P.C13H19FN6O3.C11H13ClFN5O3.CH4/c1-14(2)38-22(35)15(3)31-41(36,40-16-10-8-7-9-11-16)37-12-17-19(34)25(4,26)23(39-17)33-13-28-18-20(32(5)6)29-24(27)30-21(18)33;1-9(2)26-11(24)8-23-28(25,27-10-6-4-3-5-7-10)17-15(21)13(19)12(18)14(20)16(17)22;1-13(14)8(22)6(4-21)23-11(13)20-5-16-7-9(19(2)3)17-12(15)18-10(7)20;1-11(13)6(20)4(2-19)21-9(11)18-3-15-5-7(12)16-10(14)17-8(5)18;/h7-11,13-15,17,19,23,34H,12H2,1-6H3,(H,31,36)(H2,27,29,30);3-7,9H,8H2,1-2H3,(H,23,25);5-6,8,11,21-22H,4H2,1-3H3,(H2,15,17,18);3-4,6,9,19-20H,2H2,1H3,(H2,14,16,17);1H4/t15-,17+,19+,23+,25+,41-;28-;6-,8-,11-,13-;4-,6-,9-,11-;/m0111./s1. The third-order valence-electron chi connectivity index (χ3n) is 17.0. The lowest BCUT2D eigenvalue weighted by Gasteiger charge is -2.25. The van der Waals surface area contributed by atoms with Crippen molar-refractivity contribution in [1.29, 1.82) is 0 Å². The van der Waals surface area contributed by atoms with Gasteiger partial charge in [-0.2, -0.15) is 35.0 Å². The van der Waals surface area contributed by atoms with Crippen molar-refractivity contribution in [3.63, 3.8) is 0 Å². The number of nitrogens with two attached hydrogens (primary N) is 3. The number of nitrogens with zero attached hydrogens (tertiary/aromatic N) is 14.